The van der Waals surface area contributed by atoms with Gasteiger partial charge in [-0.15, -0.1) is 0 Å². The molecule has 0 bridgehead atoms. The molecule has 30 heavy (non-hydrogen) atoms. The van der Waals surface area contributed by atoms with Gasteiger partial charge in [0.1, 0.15) is 42.5 Å². The molecule has 7 heteroatoms. The highest BCUT2D eigenvalue weighted by atomic mass is 16.6. The van der Waals surface area contributed by atoms with Gasteiger partial charge < -0.3 is 24.3 Å². The predicted molar refractivity (Wildman–Crippen MR) is 111 cm³/mol. The molecule has 0 spiro atoms. The summed E-state index contributed by atoms with van der Waals surface area (Å²) in [5, 5.41) is 12.3. The van der Waals surface area contributed by atoms with E-state index in [-0.39, 0.29) is 11.7 Å². The Kier molecular flexibility index (Phi) is 5.48. The summed E-state index contributed by atoms with van der Waals surface area (Å²) in [7, 11) is 0. The summed E-state index contributed by atoms with van der Waals surface area (Å²) < 4.78 is 22.6. The Morgan fingerprint density at radius 1 is 1.23 bits per heavy atom. The summed E-state index contributed by atoms with van der Waals surface area (Å²) in [6, 6.07) is 10.8. The number of nitrogens with zero attached hydrogens (tertiary/aromatic N) is 1. The third-order valence-electron chi connectivity index (χ3n) is 4.79. The maximum atomic E-state index is 12.7. The van der Waals surface area contributed by atoms with Gasteiger partial charge in [0.15, 0.2) is 11.5 Å². The fourth-order valence-corrected chi connectivity index (χ4v) is 3.47. The van der Waals surface area contributed by atoms with Crippen LogP contribution < -0.4 is 24.3 Å². The van der Waals surface area contributed by atoms with Crippen molar-refractivity contribution in [2.75, 3.05) is 25.1 Å². The van der Waals surface area contributed by atoms with Gasteiger partial charge in [0.05, 0.1) is 6.61 Å². The van der Waals surface area contributed by atoms with Crippen LogP contribution in [0.1, 0.15) is 25.0 Å². The summed E-state index contributed by atoms with van der Waals surface area (Å²) in [4.78, 5) is 12.7. The molecule has 0 fully saturated rings. The average Bonchev–Trinajstić information content (AvgIpc) is 3.10. The molecular formula is C23H22N2O5. The minimum atomic E-state index is -0.522. The summed E-state index contributed by atoms with van der Waals surface area (Å²) in [6.07, 6.45) is 2.41. The lowest BCUT2D eigenvalue weighted by atomic mass is 10.0. The number of nitrogens with one attached hydrogen (secondary N) is 1. The molecule has 4 rings (SSSR count). The predicted octanol–water partition coefficient (Wildman–Crippen LogP) is 3.73. The molecule has 154 valence electrons. The van der Waals surface area contributed by atoms with Gasteiger partial charge in [-0.3, -0.25) is 4.79 Å². The van der Waals surface area contributed by atoms with Gasteiger partial charge in [0.25, 0.3) is 5.91 Å². The van der Waals surface area contributed by atoms with Gasteiger partial charge in [-0.2, -0.15) is 5.26 Å². The molecule has 1 N–H and O–H groups in total. The van der Waals surface area contributed by atoms with Crippen molar-refractivity contribution in [1.29, 1.82) is 5.26 Å². The number of ether oxygens (including phenoxy) is 4. The number of rotatable bonds is 5. The van der Waals surface area contributed by atoms with Crippen molar-refractivity contribution in [3.8, 4) is 29.1 Å². The molecule has 2 aromatic rings. The van der Waals surface area contributed by atoms with Crippen molar-refractivity contribution >= 4 is 17.7 Å². The summed E-state index contributed by atoms with van der Waals surface area (Å²) in [5.41, 5.74) is 2.15. The number of benzene rings is 2. The van der Waals surface area contributed by atoms with Gasteiger partial charge in [-0.05, 0) is 44.2 Å². The fourth-order valence-electron chi connectivity index (χ4n) is 3.47. The van der Waals surface area contributed by atoms with E-state index >= 15 is 0 Å². The molecule has 1 atom stereocenters. The van der Waals surface area contributed by atoms with E-state index in [1.54, 1.807) is 18.2 Å². The zero-order valence-electron chi connectivity index (χ0n) is 16.9. The van der Waals surface area contributed by atoms with Crippen LogP contribution in [-0.2, 0) is 11.2 Å². The van der Waals surface area contributed by atoms with Gasteiger partial charge in [0, 0.05) is 29.3 Å². The largest absolute Gasteiger partial charge is 0.493 e. The minimum Gasteiger partial charge on any atom is -0.493 e. The van der Waals surface area contributed by atoms with E-state index in [1.165, 1.54) is 6.08 Å². The van der Waals surface area contributed by atoms with Crippen molar-refractivity contribution in [3.63, 3.8) is 0 Å². The van der Waals surface area contributed by atoms with Crippen LogP contribution in [0.2, 0.25) is 0 Å². The smallest absolute Gasteiger partial charge is 0.266 e. The summed E-state index contributed by atoms with van der Waals surface area (Å²) in [6.45, 7) is 5.30. The molecule has 1 amide bonds. The fraction of sp³-hybridized carbons (Fsp3) is 0.304. The molecular weight excluding hydrogens is 384 g/mol. The van der Waals surface area contributed by atoms with E-state index in [4.69, 9.17) is 18.9 Å². The van der Waals surface area contributed by atoms with Crippen molar-refractivity contribution in [1.82, 2.24) is 0 Å². The molecule has 0 aromatic heterocycles. The van der Waals surface area contributed by atoms with Crippen LogP contribution in [0.5, 0.6) is 23.0 Å². The third kappa shape index (κ3) is 4.03. The van der Waals surface area contributed by atoms with Gasteiger partial charge >= 0.3 is 0 Å². The van der Waals surface area contributed by atoms with Crippen molar-refractivity contribution in [2.45, 2.75) is 26.4 Å². The number of anilines is 1. The number of nitriles is 1. The van der Waals surface area contributed by atoms with Crippen LogP contribution >= 0.6 is 0 Å². The monoisotopic (exact) mass is 406 g/mol. The van der Waals surface area contributed by atoms with Gasteiger partial charge in [-0.1, -0.05) is 0 Å². The molecule has 0 aliphatic carbocycles. The SMILES string of the molecule is CCOc1cc2c(cc1/C=C(\C#N)C(=O)Nc1ccc3c(c1)OCCO3)OC(C)C2. The van der Waals surface area contributed by atoms with Gasteiger partial charge in [0.2, 0.25) is 0 Å². The second-order valence-electron chi connectivity index (χ2n) is 7.05. The van der Waals surface area contributed by atoms with E-state index in [2.05, 4.69) is 5.32 Å². The van der Waals surface area contributed by atoms with E-state index in [0.29, 0.717) is 48.3 Å². The lowest BCUT2D eigenvalue weighted by molar-refractivity contribution is -0.112. The first kappa shape index (κ1) is 19.6. The van der Waals surface area contributed by atoms with Gasteiger partial charge in [-0.25, -0.2) is 0 Å². The second kappa shape index (κ2) is 8.37. The number of amides is 1. The highest BCUT2D eigenvalue weighted by Gasteiger charge is 2.22. The maximum Gasteiger partial charge on any atom is 0.266 e. The number of carbonyl (C=O) groups excluding carboxylic acids is 1. The lowest BCUT2D eigenvalue weighted by Crippen LogP contribution is -2.17. The Balaban J connectivity index is 1.60. The highest BCUT2D eigenvalue weighted by Crippen LogP contribution is 2.36. The zero-order chi connectivity index (χ0) is 21.1. The Hall–Kier alpha value is -3.66. The first-order chi connectivity index (χ1) is 14.6. The molecule has 2 aromatic carbocycles. The van der Waals surface area contributed by atoms with Crippen LogP contribution in [0, 0.1) is 11.3 Å². The molecule has 2 aliphatic heterocycles. The molecule has 2 aliphatic rings. The van der Waals surface area contributed by atoms with Crippen LogP contribution in [-0.4, -0.2) is 31.8 Å². The molecule has 0 radical (unpaired) electrons. The van der Waals surface area contributed by atoms with E-state index in [9.17, 15) is 10.1 Å². The van der Waals surface area contributed by atoms with Crippen molar-refractivity contribution in [3.05, 3.63) is 47.0 Å². The Bertz CT molecular complexity index is 1050. The topological polar surface area (TPSA) is 89.8 Å². The molecule has 0 saturated heterocycles. The lowest BCUT2D eigenvalue weighted by Gasteiger charge is -2.19. The number of hydrogen-bond acceptors (Lipinski definition) is 6. The van der Waals surface area contributed by atoms with Crippen LogP contribution in [0.15, 0.2) is 35.9 Å². The molecule has 2 heterocycles. The summed E-state index contributed by atoms with van der Waals surface area (Å²) >= 11 is 0. The minimum absolute atomic E-state index is 0.0446. The van der Waals surface area contributed by atoms with Crippen molar-refractivity contribution < 1.29 is 23.7 Å². The highest BCUT2D eigenvalue weighted by molar-refractivity contribution is 6.10. The zero-order valence-corrected chi connectivity index (χ0v) is 16.9. The molecule has 0 saturated carbocycles. The van der Waals surface area contributed by atoms with E-state index in [1.807, 2.05) is 32.0 Å². The number of hydrogen-bond donors (Lipinski definition) is 1. The second-order valence-corrected chi connectivity index (χ2v) is 7.05. The first-order valence-electron chi connectivity index (χ1n) is 9.86. The summed E-state index contributed by atoms with van der Waals surface area (Å²) in [5.74, 6) is 2.04. The molecule has 7 nitrogen and oxygen atoms in total. The van der Waals surface area contributed by atoms with E-state index < -0.39 is 5.91 Å². The van der Waals surface area contributed by atoms with E-state index in [0.717, 1.165) is 17.7 Å². The standard InChI is InChI=1S/C23H22N2O5/c1-3-27-20-10-15-8-14(2)30-21(15)11-16(20)9-17(13-24)23(26)25-18-4-5-19-22(12-18)29-7-6-28-19/h4-5,9-12,14H,3,6-8H2,1-2H3,(H,25,26)/b17-9+. The number of fused-ring (bicyclic) bond motifs is 2. The van der Waals surface area contributed by atoms with Crippen LogP contribution in [0.4, 0.5) is 5.69 Å². The maximum absolute atomic E-state index is 12.7. The average molecular weight is 406 g/mol. The van der Waals surface area contributed by atoms with Crippen LogP contribution in [0.25, 0.3) is 6.08 Å². The number of carbonyl (C=O) groups is 1. The first-order valence-corrected chi connectivity index (χ1v) is 9.86. The third-order valence-corrected chi connectivity index (χ3v) is 4.79. The Morgan fingerprint density at radius 2 is 2.03 bits per heavy atom. The van der Waals surface area contributed by atoms with Crippen molar-refractivity contribution in [2.24, 2.45) is 0 Å². The normalized spacial score (nSPS) is 16.8. The molecule has 1 unspecified atom stereocenters. The van der Waals surface area contributed by atoms with Crippen LogP contribution in [0.3, 0.4) is 0 Å². The quantitative estimate of drug-likeness (QED) is 0.601. The Labute approximate surface area is 174 Å². The Morgan fingerprint density at radius 3 is 2.80 bits per heavy atom.